The Morgan fingerprint density at radius 3 is 2.08 bits per heavy atom. The Morgan fingerprint density at radius 2 is 1.56 bits per heavy atom. The number of aliphatic hydroxyl groups is 2. The molecule has 3 amide bonds. The number of hydrogen-bond donors (Lipinski definition) is 4. The maximum absolute atomic E-state index is 13.6. The molecule has 6 atom stereocenters. The van der Waals surface area contributed by atoms with Crippen molar-refractivity contribution in [3.63, 3.8) is 0 Å². The molecule has 0 aromatic carbocycles. The van der Waals surface area contributed by atoms with Crippen LogP contribution in [0.5, 0.6) is 0 Å². The standard InChI is InChI=1S/C28H51N5O5S/c1-20(35)19-30-28(38)22(16-27(31-10-3-4-11-31)39-21(2)9-14-34)15-23(32-12-5-7-25(32)36)17-24(18-29)33-13-6-8-26(33)37/h20-24,27,34-35H,3-19,29H2,1-2H3,(H,30,38)/t20?,21?,22?,23?,24?,27-/m0/s1. The van der Waals surface area contributed by atoms with Gasteiger partial charge < -0.3 is 31.1 Å². The molecule has 39 heavy (non-hydrogen) atoms. The van der Waals surface area contributed by atoms with Crippen LogP contribution in [-0.4, -0.2) is 117 Å². The van der Waals surface area contributed by atoms with Gasteiger partial charge in [0.05, 0.1) is 11.5 Å². The zero-order valence-electron chi connectivity index (χ0n) is 23.9. The quantitative estimate of drug-likeness (QED) is 0.205. The van der Waals surface area contributed by atoms with Crippen LogP contribution in [-0.2, 0) is 14.4 Å². The molecule has 10 nitrogen and oxygen atoms in total. The van der Waals surface area contributed by atoms with Gasteiger partial charge in [0, 0.05) is 68.9 Å². The molecule has 11 heteroatoms. The minimum absolute atomic E-state index is 0.103. The third kappa shape index (κ3) is 9.59. The Morgan fingerprint density at radius 1 is 0.949 bits per heavy atom. The Balaban J connectivity index is 1.84. The second kappa shape index (κ2) is 16.1. The highest BCUT2D eigenvalue weighted by molar-refractivity contribution is 8.00. The van der Waals surface area contributed by atoms with Gasteiger partial charge in [-0.15, -0.1) is 11.8 Å². The van der Waals surface area contributed by atoms with Crippen LogP contribution in [0.4, 0.5) is 0 Å². The van der Waals surface area contributed by atoms with Gasteiger partial charge in [0.15, 0.2) is 0 Å². The maximum atomic E-state index is 13.6. The molecular formula is C28H51N5O5S. The van der Waals surface area contributed by atoms with Crippen LogP contribution < -0.4 is 11.1 Å². The summed E-state index contributed by atoms with van der Waals surface area (Å²) in [5, 5.41) is 22.7. The zero-order valence-corrected chi connectivity index (χ0v) is 24.7. The number of nitrogens with two attached hydrogens (primary N) is 1. The van der Waals surface area contributed by atoms with Crippen molar-refractivity contribution in [2.75, 3.05) is 45.9 Å². The lowest BCUT2D eigenvalue weighted by Gasteiger charge is -2.38. The topological polar surface area (TPSA) is 139 Å². The van der Waals surface area contributed by atoms with Gasteiger partial charge in [0.25, 0.3) is 0 Å². The van der Waals surface area contributed by atoms with E-state index in [0.717, 1.165) is 38.8 Å². The van der Waals surface area contributed by atoms with Crippen LogP contribution in [0.2, 0.25) is 0 Å². The first kappa shape index (κ1) is 32.1. The molecule has 3 fully saturated rings. The van der Waals surface area contributed by atoms with Gasteiger partial charge >= 0.3 is 0 Å². The largest absolute Gasteiger partial charge is 0.396 e. The molecule has 0 radical (unpaired) electrons. The van der Waals surface area contributed by atoms with Crippen molar-refractivity contribution >= 4 is 29.5 Å². The lowest BCUT2D eigenvalue weighted by Crippen LogP contribution is -2.49. The number of thioether (sulfide) groups is 1. The summed E-state index contributed by atoms with van der Waals surface area (Å²) in [4.78, 5) is 45.3. The van der Waals surface area contributed by atoms with Gasteiger partial charge in [0.1, 0.15) is 0 Å². The maximum Gasteiger partial charge on any atom is 0.223 e. The lowest BCUT2D eigenvalue weighted by molar-refractivity contribution is -0.133. The van der Waals surface area contributed by atoms with Gasteiger partial charge in [-0.2, -0.15) is 0 Å². The highest BCUT2D eigenvalue weighted by Crippen LogP contribution is 2.34. The minimum atomic E-state index is -0.651. The second-order valence-electron chi connectivity index (χ2n) is 11.6. The summed E-state index contributed by atoms with van der Waals surface area (Å²) in [6.45, 7) is 7.75. The Hall–Kier alpha value is -1.40. The summed E-state index contributed by atoms with van der Waals surface area (Å²) in [5.74, 6) is -0.247. The minimum Gasteiger partial charge on any atom is -0.396 e. The fourth-order valence-corrected chi connectivity index (χ4v) is 7.74. The molecule has 0 aromatic rings. The van der Waals surface area contributed by atoms with E-state index in [1.54, 1.807) is 6.92 Å². The summed E-state index contributed by atoms with van der Waals surface area (Å²) in [6, 6.07) is -0.351. The van der Waals surface area contributed by atoms with Crippen molar-refractivity contribution in [3.05, 3.63) is 0 Å². The number of nitrogens with one attached hydrogen (secondary N) is 1. The monoisotopic (exact) mass is 569 g/mol. The molecule has 0 aromatic heterocycles. The predicted molar refractivity (Wildman–Crippen MR) is 154 cm³/mol. The van der Waals surface area contributed by atoms with Gasteiger partial charge in [-0.25, -0.2) is 0 Å². The molecule has 3 heterocycles. The van der Waals surface area contributed by atoms with E-state index in [0.29, 0.717) is 58.2 Å². The summed E-state index contributed by atoms with van der Waals surface area (Å²) in [6.07, 6.45) is 6.68. The lowest BCUT2D eigenvalue weighted by atomic mass is 9.90. The summed E-state index contributed by atoms with van der Waals surface area (Å²) in [5.41, 5.74) is 6.18. The first-order chi connectivity index (χ1) is 18.7. The number of carbonyl (C=O) groups is 3. The van der Waals surface area contributed by atoms with Gasteiger partial charge in [-0.3, -0.25) is 19.3 Å². The summed E-state index contributed by atoms with van der Waals surface area (Å²) < 4.78 is 0. The number of hydrogen-bond acceptors (Lipinski definition) is 8. The van der Waals surface area contributed by atoms with Crippen molar-refractivity contribution in [2.45, 2.75) is 107 Å². The fourth-order valence-electron chi connectivity index (χ4n) is 6.24. The van der Waals surface area contributed by atoms with Gasteiger partial charge in [0.2, 0.25) is 17.7 Å². The number of likely N-dealkylation sites (tertiary alicyclic amines) is 3. The Kier molecular flexibility index (Phi) is 13.3. The molecule has 5 unspecified atom stereocenters. The van der Waals surface area contributed by atoms with Gasteiger partial charge in [-0.1, -0.05) is 6.92 Å². The van der Waals surface area contributed by atoms with E-state index in [4.69, 9.17) is 5.73 Å². The number of carbonyl (C=O) groups excluding carboxylic acids is 3. The molecule has 0 saturated carbocycles. The molecule has 3 aliphatic heterocycles. The third-order valence-electron chi connectivity index (χ3n) is 8.38. The number of nitrogens with zero attached hydrogens (tertiary/aromatic N) is 3. The van der Waals surface area contributed by atoms with E-state index in [9.17, 15) is 24.6 Å². The zero-order chi connectivity index (χ0) is 28.4. The molecule has 5 N–H and O–H groups in total. The summed E-state index contributed by atoms with van der Waals surface area (Å²) in [7, 11) is 0. The molecule has 0 aliphatic carbocycles. The molecule has 3 aliphatic rings. The summed E-state index contributed by atoms with van der Waals surface area (Å²) >= 11 is 1.82. The SMILES string of the molecule is CC(O)CNC(=O)C(CC(CC(CN)N1CCCC1=O)N1CCCC1=O)C[C@H](SC(C)CCO)N1CCCC1. The smallest absolute Gasteiger partial charge is 0.223 e. The van der Waals surface area contributed by atoms with E-state index in [1.807, 2.05) is 21.6 Å². The van der Waals surface area contributed by atoms with E-state index in [1.165, 1.54) is 0 Å². The Bertz CT molecular complexity index is 796. The van der Waals surface area contributed by atoms with E-state index in [2.05, 4.69) is 17.1 Å². The van der Waals surface area contributed by atoms with E-state index < -0.39 is 6.10 Å². The molecule has 224 valence electrons. The molecule has 0 bridgehead atoms. The van der Waals surface area contributed by atoms with Gasteiger partial charge in [-0.05, 0) is 71.4 Å². The molecular weight excluding hydrogens is 518 g/mol. The average Bonchev–Trinajstić information content (AvgIpc) is 3.67. The van der Waals surface area contributed by atoms with Crippen LogP contribution in [0.15, 0.2) is 0 Å². The van der Waals surface area contributed by atoms with E-state index >= 15 is 0 Å². The first-order valence-corrected chi connectivity index (χ1v) is 15.9. The fraction of sp³-hybridized carbons (Fsp3) is 0.893. The normalized spacial score (nSPS) is 23.2. The molecule has 3 saturated heterocycles. The highest BCUT2D eigenvalue weighted by Gasteiger charge is 2.38. The number of amides is 3. The number of aliphatic hydroxyl groups excluding tert-OH is 2. The van der Waals surface area contributed by atoms with Crippen LogP contribution in [0.3, 0.4) is 0 Å². The van der Waals surface area contributed by atoms with Crippen molar-refractivity contribution < 1.29 is 24.6 Å². The number of rotatable bonds is 17. The predicted octanol–water partition coefficient (Wildman–Crippen LogP) is 1.14. The van der Waals surface area contributed by atoms with Crippen molar-refractivity contribution in [1.29, 1.82) is 0 Å². The van der Waals surface area contributed by atoms with Crippen LogP contribution >= 0.6 is 11.8 Å². The van der Waals surface area contributed by atoms with Crippen LogP contribution in [0, 0.1) is 5.92 Å². The highest BCUT2D eigenvalue weighted by atomic mass is 32.2. The van der Waals surface area contributed by atoms with Crippen molar-refractivity contribution in [3.8, 4) is 0 Å². The van der Waals surface area contributed by atoms with Crippen LogP contribution in [0.25, 0.3) is 0 Å². The van der Waals surface area contributed by atoms with Crippen molar-refractivity contribution in [1.82, 2.24) is 20.0 Å². The first-order valence-electron chi connectivity index (χ1n) is 15.0. The van der Waals surface area contributed by atoms with Crippen LogP contribution in [0.1, 0.15) is 78.1 Å². The second-order valence-corrected chi connectivity index (χ2v) is 13.2. The average molecular weight is 570 g/mol. The molecule has 3 rings (SSSR count). The molecule has 0 spiro atoms. The third-order valence-corrected chi connectivity index (χ3v) is 9.88. The van der Waals surface area contributed by atoms with Crippen molar-refractivity contribution in [2.24, 2.45) is 11.7 Å². The Labute approximate surface area is 238 Å². The van der Waals surface area contributed by atoms with E-state index in [-0.39, 0.29) is 59.5 Å².